The fourth-order valence-electron chi connectivity index (χ4n) is 2.60. The summed E-state index contributed by atoms with van der Waals surface area (Å²) in [5.74, 6) is 5.04. The predicted octanol–water partition coefficient (Wildman–Crippen LogP) is 0.801. The highest BCUT2D eigenvalue weighted by atomic mass is 16.1. The zero-order valence-electron chi connectivity index (χ0n) is 9.23. The number of hydrogen-bond acceptors (Lipinski definition) is 2. The first-order chi connectivity index (χ1) is 7.24. The Morgan fingerprint density at radius 1 is 1.53 bits per heavy atom. The van der Waals surface area contributed by atoms with Gasteiger partial charge in [-0.2, -0.15) is 0 Å². The molecular formula is C12H18N2O. The lowest BCUT2D eigenvalue weighted by molar-refractivity contribution is -0.116. The second-order valence-electron chi connectivity index (χ2n) is 4.60. The summed E-state index contributed by atoms with van der Waals surface area (Å²) in [6, 6.07) is 0.319. The van der Waals surface area contributed by atoms with Crippen LogP contribution in [0.5, 0.6) is 0 Å². The zero-order valence-corrected chi connectivity index (χ0v) is 9.23. The summed E-state index contributed by atoms with van der Waals surface area (Å²) < 4.78 is 0. The van der Waals surface area contributed by atoms with Crippen LogP contribution in [0.1, 0.15) is 39.0 Å². The molecule has 1 amide bonds. The van der Waals surface area contributed by atoms with Crippen molar-refractivity contribution in [3.8, 4) is 11.8 Å². The number of carbonyl (C=O) groups is 1. The van der Waals surface area contributed by atoms with Crippen LogP contribution in [0.4, 0.5) is 0 Å². The van der Waals surface area contributed by atoms with Crippen LogP contribution in [-0.4, -0.2) is 24.0 Å². The van der Waals surface area contributed by atoms with E-state index in [1.54, 1.807) is 6.92 Å². The van der Waals surface area contributed by atoms with Crippen molar-refractivity contribution in [2.24, 2.45) is 0 Å². The van der Waals surface area contributed by atoms with Gasteiger partial charge < -0.3 is 10.6 Å². The monoisotopic (exact) mass is 206 g/mol. The van der Waals surface area contributed by atoms with E-state index in [0.717, 1.165) is 19.4 Å². The molecule has 1 saturated carbocycles. The molecule has 2 rings (SSSR count). The van der Waals surface area contributed by atoms with E-state index >= 15 is 0 Å². The van der Waals surface area contributed by atoms with Crippen LogP contribution < -0.4 is 10.6 Å². The number of piperidine rings is 1. The zero-order chi connectivity index (χ0) is 10.7. The fraction of sp³-hybridized carbons (Fsp3) is 0.750. The van der Waals surface area contributed by atoms with Crippen LogP contribution in [0.15, 0.2) is 0 Å². The summed E-state index contributed by atoms with van der Waals surface area (Å²) in [6.07, 6.45) is 5.95. The third-order valence-electron chi connectivity index (χ3n) is 3.51. The Balaban J connectivity index is 1.86. The maximum absolute atomic E-state index is 11.3. The molecule has 15 heavy (non-hydrogen) atoms. The second-order valence-corrected chi connectivity index (χ2v) is 4.60. The van der Waals surface area contributed by atoms with E-state index in [1.807, 2.05) is 0 Å². The fourth-order valence-corrected chi connectivity index (χ4v) is 2.60. The summed E-state index contributed by atoms with van der Waals surface area (Å²) in [5, 5.41) is 6.57. The molecule has 1 aliphatic heterocycles. The van der Waals surface area contributed by atoms with E-state index in [2.05, 4.69) is 22.5 Å². The molecule has 1 heterocycles. The average molecular weight is 206 g/mol. The van der Waals surface area contributed by atoms with Gasteiger partial charge in [0, 0.05) is 11.6 Å². The first-order valence-corrected chi connectivity index (χ1v) is 5.72. The molecule has 3 heteroatoms. The van der Waals surface area contributed by atoms with Crippen LogP contribution in [0, 0.1) is 11.8 Å². The van der Waals surface area contributed by atoms with Gasteiger partial charge in [0.05, 0.1) is 0 Å². The maximum Gasteiger partial charge on any atom is 0.296 e. The lowest BCUT2D eigenvalue weighted by Crippen LogP contribution is -2.59. The van der Waals surface area contributed by atoms with Gasteiger partial charge in [-0.15, -0.1) is 0 Å². The Morgan fingerprint density at radius 2 is 2.33 bits per heavy atom. The smallest absolute Gasteiger partial charge is 0.296 e. The molecule has 2 fully saturated rings. The average Bonchev–Trinajstić information content (AvgIpc) is 2.16. The van der Waals surface area contributed by atoms with Crippen molar-refractivity contribution in [2.75, 3.05) is 6.54 Å². The van der Waals surface area contributed by atoms with Crippen LogP contribution >= 0.6 is 0 Å². The Bertz CT molecular complexity index is 309. The first-order valence-electron chi connectivity index (χ1n) is 5.72. The van der Waals surface area contributed by atoms with Gasteiger partial charge >= 0.3 is 0 Å². The van der Waals surface area contributed by atoms with E-state index in [1.165, 1.54) is 19.3 Å². The summed E-state index contributed by atoms with van der Waals surface area (Å²) in [7, 11) is 0. The molecule has 1 aliphatic carbocycles. The van der Waals surface area contributed by atoms with Crippen LogP contribution in [0.2, 0.25) is 0 Å². The molecule has 3 nitrogen and oxygen atoms in total. The normalized spacial score (nSPS) is 27.4. The third-order valence-corrected chi connectivity index (χ3v) is 3.51. The summed E-state index contributed by atoms with van der Waals surface area (Å²) >= 11 is 0. The van der Waals surface area contributed by atoms with Crippen molar-refractivity contribution in [1.82, 2.24) is 10.6 Å². The predicted molar refractivity (Wildman–Crippen MR) is 59.2 cm³/mol. The highest BCUT2D eigenvalue weighted by Gasteiger charge is 2.41. The molecule has 0 bridgehead atoms. The highest BCUT2D eigenvalue weighted by Crippen LogP contribution is 2.38. The second kappa shape index (κ2) is 4.24. The molecule has 1 saturated heterocycles. The molecule has 2 aliphatic rings. The van der Waals surface area contributed by atoms with Gasteiger partial charge in [-0.05, 0) is 51.5 Å². The standard InChI is InChI=1S/C12H18N2O/c1-2-4-11(15)14-10-5-8-13-12(9-10)6-3-7-12/h10,13H,3,5-9H2,1H3,(H,14,15). The van der Waals surface area contributed by atoms with Gasteiger partial charge in [-0.3, -0.25) is 4.79 Å². The van der Waals surface area contributed by atoms with Crippen LogP contribution in [0.25, 0.3) is 0 Å². The molecule has 0 radical (unpaired) electrons. The lowest BCUT2D eigenvalue weighted by atomic mass is 9.70. The molecule has 0 aromatic rings. The highest BCUT2D eigenvalue weighted by molar-refractivity contribution is 5.93. The minimum Gasteiger partial charge on any atom is -0.342 e. The van der Waals surface area contributed by atoms with Crippen molar-refractivity contribution in [3.05, 3.63) is 0 Å². The van der Waals surface area contributed by atoms with Crippen molar-refractivity contribution in [1.29, 1.82) is 0 Å². The SMILES string of the molecule is CC#CC(=O)NC1CCNC2(CCC2)C1. The van der Waals surface area contributed by atoms with Gasteiger partial charge in [-0.1, -0.05) is 5.92 Å². The maximum atomic E-state index is 11.3. The summed E-state index contributed by atoms with van der Waals surface area (Å²) in [6.45, 7) is 2.71. The number of carbonyl (C=O) groups excluding carboxylic acids is 1. The minimum atomic E-state index is -0.126. The van der Waals surface area contributed by atoms with E-state index < -0.39 is 0 Å². The summed E-state index contributed by atoms with van der Waals surface area (Å²) in [4.78, 5) is 11.3. The number of nitrogens with one attached hydrogen (secondary N) is 2. The minimum absolute atomic E-state index is 0.126. The number of hydrogen-bond donors (Lipinski definition) is 2. The van der Waals surface area contributed by atoms with E-state index in [0.29, 0.717) is 11.6 Å². The lowest BCUT2D eigenvalue weighted by Gasteiger charge is -2.48. The van der Waals surface area contributed by atoms with Gasteiger partial charge in [0.2, 0.25) is 0 Å². The number of amides is 1. The van der Waals surface area contributed by atoms with Gasteiger partial charge in [0.25, 0.3) is 5.91 Å². The molecule has 1 spiro atoms. The molecule has 0 aromatic heterocycles. The van der Waals surface area contributed by atoms with Crippen molar-refractivity contribution < 1.29 is 4.79 Å². The molecule has 1 unspecified atom stereocenters. The van der Waals surface area contributed by atoms with Crippen LogP contribution in [0.3, 0.4) is 0 Å². The largest absolute Gasteiger partial charge is 0.342 e. The Kier molecular flexibility index (Phi) is 2.97. The van der Waals surface area contributed by atoms with Crippen molar-refractivity contribution in [3.63, 3.8) is 0 Å². The molecule has 2 N–H and O–H groups in total. The van der Waals surface area contributed by atoms with E-state index in [-0.39, 0.29) is 5.91 Å². The van der Waals surface area contributed by atoms with Gasteiger partial charge in [0.15, 0.2) is 0 Å². The third kappa shape index (κ3) is 2.32. The summed E-state index contributed by atoms with van der Waals surface area (Å²) in [5.41, 5.74) is 0.343. The first kappa shape index (κ1) is 10.5. The van der Waals surface area contributed by atoms with Crippen molar-refractivity contribution >= 4 is 5.91 Å². The van der Waals surface area contributed by atoms with E-state index in [4.69, 9.17) is 0 Å². The molecule has 1 atom stereocenters. The van der Waals surface area contributed by atoms with Gasteiger partial charge in [-0.25, -0.2) is 0 Å². The molecule has 0 aromatic carbocycles. The van der Waals surface area contributed by atoms with E-state index in [9.17, 15) is 4.79 Å². The molecule has 82 valence electrons. The Labute approximate surface area is 91.0 Å². The molecular weight excluding hydrogens is 188 g/mol. The van der Waals surface area contributed by atoms with Gasteiger partial charge in [0.1, 0.15) is 0 Å². The number of rotatable bonds is 1. The van der Waals surface area contributed by atoms with Crippen molar-refractivity contribution in [2.45, 2.75) is 50.6 Å². The quantitative estimate of drug-likeness (QED) is 0.623. The van der Waals surface area contributed by atoms with Crippen LogP contribution in [-0.2, 0) is 4.79 Å². The Morgan fingerprint density at radius 3 is 2.93 bits per heavy atom. The Hall–Kier alpha value is -1.01. The topological polar surface area (TPSA) is 41.1 Å².